The molecule has 0 aliphatic rings. The lowest BCUT2D eigenvalue weighted by molar-refractivity contribution is 0.0697. The molecule has 25 heavy (non-hydrogen) atoms. The van der Waals surface area contributed by atoms with Crippen molar-refractivity contribution in [2.75, 3.05) is 12.4 Å². The molecule has 0 bridgehead atoms. The number of methoxy groups -OCH3 is 1. The van der Waals surface area contributed by atoms with Crippen LogP contribution in [0.15, 0.2) is 48.7 Å². The van der Waals surface area contributed by atoms with Gasteiger partial charge in [-0.2, -0.15) is 0 Å². The van der Waals surface area contributed by atoms with E-state index in [0.29, 0.717) is 33.9 Å². The lowest BCUT2D eigenvalue weighted by Crippen LogP contribution is -2.08. The molecule has 0 atom stereocenters. The van der Waals surface area contributed by atoms with Gasteiger partial charge in [0, 0.05) is 23.2 Å². The Hall–Kier alpha value is -2.50. The number of pyridine rings is 1. The van der Waals surface area contributed by atoms with Gasteiger partial charge in [0.15, 0.2) is 0 Å². The van der Waals surface area contributed by atoms with E-state index >= 15 is 0 Å². The van der Waals surface area contributed by atoms with Crippen LogP contribution in [0.25, 0.3) is 10.9 Å². The lowest BCUT2D eigenvalue weighted by atomic mass is 10.1. The fourth-order valence-corrected chi connectivity index (χ4v) is 2.57. The van der Waals surface area contributed by atoms with E-state index in [1.165, 1.54) is 6.20 Å². The Morgan fingerprint density at radius 3 is 2.60 bits per heavy atom. The van der Waals surface area contributed by atoms with E-state index in [0.717, 1.165) is 5.56 Å². The van der Waals surface area contributed by atoms with Crippen LogP contribution < -0.4 is 10.1 Å². The van der Waals surface area contributed by atoms with Gasteiger partial charge in [-0.1, -0.05) is 23.7 Å². The number of carboxylic acid groups (broad SMARTS) is 1. The number of hydrogen-bond acceptors (Lipinski definition) is 4. The van der Waals surface area contributed by atoms with Gasteiger partial charge < -0.3 is 15.2 Å². The summed E-state index contributed by atoms with van der Waals surface area (Å²) in [5.41, 5.74) is 2.31. The van der Waals surface area contributed by atoms with Gasteiger partial charge in [0.1, 0.15) is 11.3 Å². The van der Waals surface area contributed by atoms with Crippen molar-refractivity contribution < 1.29 is 14.6 Å². The van der Waals surface area contributed by atoms with Crippen molar-refractivity contribution in [3.63, 3.8) is 0 Å². The number of benzene rings is 2. The molecule has 0 spiro atoms. The first-order chi connectivity index (χ1) is 11.6. The van der Waals surface area contributed by atoms with Crippen molar-refractivity contribution in [1.82, 2.24) is 4.98 Å². The number of rotatable bonds is 5. The van der Waals surface area contributed by atoms with Crippen molar-refractivity contribution in [3.05, 3.63) is 64.8 Å². The van der Waals surface area contributed by atoms with E-state index in [1.54, 1.807) is 37.4 Å². The Bertz CT molecular complexity index is 899. The Morgan fingerprint density at radius 2 is 1.96 bits per heavy atom. The maximum atomic E-state index is 11.5. The van der Waals surface area contributed by atoms with Crippen LogP contribution >= 0.6 is 24.0 Å². The van der Waals surface area contributed by atoms with E-state index in [9.17, 15) is 9.90 Å². The van der Waals surface area contributed by atoms with Gasteiger partial charge in [-0.3, -0.25) is 4.98 Å². The smallest absolute Gasteiger partial charge is 0.339 e. The topological polar surface area (TPSA) is 71.5 Å². The van der Waals surface area contributed by atoms with Crippen LogP contribution in [0.3, 0.4) is 0 Å². The highest BCUT2D eigenvalue weighted by molar-refractivity contribution is 6.30. The normalized spacial score (nSPS) is 10.2. The standard InChI is InChI=1S/C18H15ClN2O3.ClH/c1-24-13-6-7-16-14(8-13)17(15(10-20-16)18(22)23)21-9-11-2-4-12(19)5-3-11;/h2-8,10H,9H2,1H3,(H,20,21)(H,22,23);1H. The first-order valence-electron chi connectivity index (χ1n) is 7.27. The van der Waals surface area contributed by atoms with Crippen LogP contribution in [0.2, 0.25) is 5.02 Å². The highest BCUT2D eigenvalue weighted by Gasteiger charge is 2.15. The molecular weight excluding hydrogens is 363 g/mol. The molecule has 0 aliphatic carbocycles. The van der Waals surface area contributed by atoms with E-state index in [4.69, 9.17) is 16.3 Å². The second-order valence-corrected chi connectivity index (χ2v) is 5.65. The number of aromatic carboxylic acids is 1. The zero-order chi connectivity index (χ0) is 17.1. The summed E-state index contributed by atoms with van der Waals surface area (Å²) in [6.07, 6.45) is 1.36. The fraction of sp³-hybridized carbons (Fsp3) is 0.111. The predicted octanol–water partition coefficient (Wildman–Crippen LogP) is 4.63. The van der Waals surface area contributed by atoms with Gasteiger partial charge in [0.25, 0.3) is 0 Å². The molecule has 0 radical (unpaired) electrons. The number of carboxylic acids is 1. The largest absolute Gasteiger partial charge is 0.497 e. The molecule has 5 nitrogen and oxygen atoms in total. The Morgan fingerprint density at radius 1 is 1.24 bits per heavy atom. The van der Waals surface area contributed by atoms with Crippen LogP contribution in [-0.4, -0.2) is 23.2 Å². The Labute approximate surface area is 156 Å². The summed E-state index contributed by atoms with van der Waals surface area (Å²) in [5.74, 6) is -0.396. The molecule has 130 valence electrons. The summed E-state index contributed by atoms with van der Waals surface area (Å²) < 4.78 is 5.24. The zero-order valence-electron chi connectivity index (χ0n) is 13.3. The van der Waals surface area contributed by atoms with Crippen molar-refractivity contribution in [1.29, 1.82) is 0 Å². The van der Waals surface area contributed by atoms with Gasteiger partial charge >= 0.3 is 5.97 Å². The van der Waals surface area contributed by atoms with Gasteiger partial charge in [-0.15, -0.1) is 12.4 Å². The maximum Gasteiger partial charge on any atom is 0.339 e. The number of anilines is 1. The summed E-state index contributed by atoms with van der Waals surface area (Å²) in [6.45, 7) is 0.466. The number of ether oxygens (including phenoxy) is 1. The fourth-order valence-electron chi connectivity index (χ4n) is 2.44. The molecule has 0 saturated heterocycles. The second kappa shape index (κ2) is 8.05. The molecule has 0 fully saturated rings. The van der Waals surface area contributed by atoms with Gasteiger partial charge in [-0.05, 0) is 35.9 Å². The highest BCUT2D eigenvalue weighted by Crippen LogP contribution is 2.30. The zero-order valence-corrected chi connectivity index (χ0v) is 14.9. The number of halogens is 2. The monoisotopic (exact) mass is 378 g/mol. The first kappa shape index (κ1) is 18.8. The molecule has 0 unspecified atom stereocenters. The third kappa shape index (κ3) is 4.13. The van der Waals surface area contributed by atoms with Crippen molar-refractivity contribution in [3.8, 4) is 5.75 Å². The minimum Gasteiger partial charge on any atom is -0.497 e. The quantitative estimate of drug-likeness (QED) is 0.677. The predicted molar refractivity (Wildman–Crippen MR) is 101 cm³/mol. The number of carbonyl (C=O) groups is 1. The molecule has 1 heterocycles. The molecule has 3 aromatic rings. The number of fused-ring (bicyclic) bond motifs is 1. The molecule has 7 heteroatoms. The van der Waals surface area contributed by atoms with E-state index in [-0.39, 0.29) is 18.0 Å². The average molecular weight is 379 g/mol. The van der Waals surface area contributed by atoms with Crippen LogP contribution in [0.5, 0.6) is 5.75 Å². The molecule has 0 aliphatic heterocycles. The molecule has 1 aromatic heterocycles. The number of aromatic nitrogens is 1. The number of hydrogen-bond donors (Lipinski definition) is 2. The third-order valence-corrected chi connectivity index (χ3v) is 3.94. The average Bonchev–Trinajstić information content (AvgIpc) is 2.60. The SMILES string of the molecule is COc1ccc2ncc(C(=O)O)c(NCc3ccc(Cl)cc3)c2c1.Cl. The van der Waals surface area contributed by atoms with E-state index in [2.05, 4.69) is 10.3 Å². The third-order valence-electron chi connectivity index (χ3n) is 3.69. The first-order valence-corrected chi connectivity index (χ1v) is 7.64. The van der Waals surface area contributed by atoms with Crippen molar-refractivity contribution in [2.45, 2.75) is 6.54 Å². The molecule has 0 amide bonds. The summed E-state index contributed by atoms with van der Waals surface area (Å²) in [4.78, 5) is 15.8. The second-order valence-electron chi connectivity index (χ2n) is 5.22. The Kier molecular flexibility index (Phi) is 6.07. The van der Waals surface area contributed by atoms with Crippen molar-refractivity contribution in [2.24, 2.45) is 0 Å². The molecule has 0 saturated carbocycles. The van der Waals surface area contributed by atoms with Gasteiger partial charge in [0.2, 0.25) is 0 Å². The molecule has 3 rings (SSSR count). The van der Waals surface area contributed by atoms with Crippen molar-refractivity contribution >= 4 is 46.6 Å². The summed E-state index contributed by atoms with van der Waals surface area (Å²) in [5, 5.41) is 14.0. The molecular formula is C18H16Cl2N2O3. The molecule has 2 N–H and O–H groups in total. The van der Waals surface area contributed by atoms with E-state index < -0.39 is 5.97 Å². The van der Waals surface area contributed by atoms with Crippen LogP contribution in [0.1, 0.15) is 15.9 Å². The van der Waals surface area contributed by atoms with Gasteiger partial charge in [-0.25, -0.2) is 4.79 Å². The van der Waals surface area contributed by atoms with Crippen LogP contribution in [-0.2, 0) is 6.54 Å². The van der Waals surface area contributed by atoms with Crippen LogP contribution in [0.4, 0.5) is 5.69 Å². The van der Waals surface area contributed by atoms with Gasteiger partial charge in [0.05, 0.1) is 18.3 Å². The highest BCUT2D eigenvalue weighted by atomic mass is 35.5. The summed E-state index contributed by atoms with van der Waals surface area (Å²) in [7, 11) is 1.57. The van der Waals surface area contributed by atoms with Crippen LogP contribution in [0, 0.1) is 0 Å². The number of nitrogens with one attached hydrogen (secondary N) is 1. The minimum atomic E-state index is -1.04. The number of nitrogens with zero attached hydrogens (tertiary/aromatic N) is 1. The van der Waals surface area contributed by atoms with E-state index in [1.807, 2.05) is 12.1 Å². The summed E-state index contributed by atoms with van der Waals surface area (Å²) in [6, 6.07) is 12.7. The lowest BCUT2D eigenvalue weighted by Gasteiger charge is -2.13. The minimum absolute atomic E-state index is 0. The maximum absolute atomic E-state index is 11.5. The summed E-state index contributed by atoms with van der Waals surface area (Å²) >= 11 is 5.89. The molecule has 2 aromatic carbocycles. The Balaban J connectivity index is 0.00000225.